The van der Waals surface area contributed by atoms with Crippen molar-refractivity contribution in [2.45, 2.75) is 56.6 Å². The van der Waals surface area contributed by atoms with Crippen LogP contribution in [0.4, 0.5) is 10.2 Å². The predicted octanol–water partition coefficient (Wildman–Crippen LogP) is 0.462. The SMILES string of the molecule is CC1CCCCN1C(=O)Cn1cc(N2CCCS2(=O)=O)n2c(=O)c(O)c(C(=O)NCc3ccc(F)cc3S(=O)(=O)N(C)C)nc12. The number of benzene rings is 1. The average molecular weight is 668 g/mol. The number of nitrogens with one attached hydrogen (secondary N) is 1. The number of imidazole rings is 1. The molecule has 0 spiro atoms. The van der Waals surface area contributed by atoms with Crippen molar-refractivity contribution in [3.63, 3.8) is 0 Å². The number of hydrogen-bond acceptors (Lipinski definition) is 9. The van der Waals surface area contributed by atoms with Crippen LogP contribution in [0.5, 0.6) is 5.75 Å². The summed E-state index contributed by atoms with van der Waals surface area (Å²) in [6.07, 6.45) is 4.20. The van der Waals surface area contributed by atoms with Crippen molar-refractivity contribution < 1.29 is 35.9 Å². The molecule has 2 aliphatic rings. The fourth-order valence-electron chi connectivity index (χ4n) is 5.58. The van der Waals surface area contributed by atoms with Gasteiger partial charge in [-0.1, -0.05) is 6.07 Å². The number of anilines is 1. The molecular weight excluding hydrogens is 633 g/mol. The standard InChI is InChI=1S/C27H34FN7O8S2/c1-17-7-4-5-10-33(17)22(36)16-32-15-21(34-11-6-12-44(34,40)41)35-26(39)24(37)23(30-27(32)35)25(38)29-14-18-8-9-19(28)13-20(18)45(42,43)31(2)3/h8-9,13,15,17,37H,4-7,10-12,14,16H2,1-3H3,(H,29,38). The zero-order valence-corrected chi connectivity index (χ0v) is 26.6. The number of halogens is 1. The molecule has 0 saturated carbocycles. The van der Waals surface area contributed by atoms with Crippen molar-refractivity contribution in [3.8, 4) is 5.75 Å². The van der Waals surface area contributed by atoms with Gasteiger partial charge in [0.15, 0.2) is 5.69 Å². The number of rotatable bonds is 8. The molecule has 0 aliphatic carbocycles. The van der Waals surface area contributed by atoms with Crippen LogP contribution in [0.15, 0.2) is 34.1 Å². The molecule has 0 radical (unpaired) electrons. The second kappa shape index (κ2) is 12.1. The lowest BCUT2D eigenvalue weighted by molar-refractivity contribution is -0.135. The first-order chi connectivity index (χ1) is 21.1. The molecule has 2 fully saturated rings. The molecular formula is C27H34FN7O8S2. The maximum Gasteiger partial charge on any atom is 0.303 e. The monoisotopic (exact) mass is 667 g/mol. The first-order valence-corrected chi connectivity index (χ1v) is 17.3. The Hall–Kier alpha value is -4.03. The van der Waals surface area contributed by atoms with Crippen LogP contribution in [0.2, 0.25) is 0 Å². The summed E-state index contributed by atoms with van der Waals surface area (Å²) >= 11 is 0. The van der Waals surface area contributed by atoms with E-state index < -0.39 is 60.2 Å². The minimum Gasteiger partial charge on any atom is -0.501 e. The Balaban J connectivity index is 1.55. The van der Waals surface area contributed by atoms with Gasteiger partial charge in [-0.05, 0) is 50.3 Å². The van der Waals surface area contributed by atoms with Gasteiger partial charge in [-0.15, -0.1) is 0 Å². The van der Waals surface area contributed by atoms with E-state index in [1.807, 2.05) is 6.92 Å². The second-order valence-electron chi connectivity index (χ2n) is 11.3. The molecule has 244 valence electrons. The summed E-state index contributed by atoms with van der Waals surface area (Å²) in [6.45, 7) is 1.76. The van der Waals surface area contributed by atoms with Crippen molar-refractivity contribution in [3.05, 3.63) is 51.8 Å². The van der Waals surface area contributed by atoms with Gasteiger partial charge in [0.25, 0.3) is 5.91 Å². The first-order valence-electron chi connectivity index (χ1n) is 14.3. The normalized spacial score (nSPS) is 18.6. The van der Waals surface area contributed by atoms with Gasteiger partial charge in [0, 0.05) is 39.8 Å². The van der Waals surface area contributed by atoms with Crippen molar-refractivity contribution >= 4 is 43.5 Å². The predicted molar refractivity (Wildman–Crippen MR) is 160 cm³/mol. The molecule has 18 heteroatoms. The Morgan fingerprint density at radius 3 is 2.56 bits per heavy atom. The number of carbonyl (C=O) groups excluding carboxylic acids is 2. The fourth-order valence-corrected chi connectivity index (χ4v) is 8.24. The molecule has 1 aromatic carbocycles. The van der Waals surface area contributed by atoms with Crippen LogP contribution in [0.25, 0.3) is 5.78 Å². The number of carbonyl (C=O) groups is 2. The van der Waals surface area contributed by atoms with Gasteiger partial charge in [0.2, 0.25) is 37.5 Å². The molecule has 2 N–H and O–H groups in total. The highest BCUT2D eigenvalue weighted by Crippen LogP contribution is 2.27. The van der Waals surface area contributed by atoms with Gasteiger partial charge in [0.05, 0.1) is 16.8 Å². The van der Waals surface area contributed by atoms with Crippen LogP contribution in [0, 0.1) is 5.82 Å². The van der Waals surface area contributed by atoms with Crippen molar-refractivity contribution in [1.82, 2.24) is 28.5 Å². The summed E-state index contributed by atoms with van der Waals surface area (Å²) in [5.41, 5.74) is -1.84. The number of piperidine rings is 1. The number of hydrogen-bond donors (Lipinski definition) is 2. The van der Waals surface area contributed by atoms with Crippen LogP contribution < -0.4 is 15.2 Å². The molecule has 3 aromatic rings. The number of amides is 2. The lowest BCUT2D eigenvalue weighted by Gasteiger charge is -2.33. The van der Waals surface area contributed by atoms with E-state index in [0.717, 1.165) is 44.4 Å². The quantitative estimate of drug-likeness (QED) is 0.345. The molecule has 1 unspecified atom stereocenters. The highest BCUT2D eigenvalue weighted by atomic mass is 32.2. The van der Waals surface area contributed by atoms with Crippen LogP contribution in [-0.4, -0.2) is 95.9 Å². The maximum absolute atomic E-state index is 14.0. The molecule has 2 aliphatic heterocycles. The van der Waals surface area contributed by atoms with Crippen molar-refractivity contribution in [2.24, 2.45) is 0 Å². The van der Waals surface area contributed by atoms with Crippen LogP contribution in [0.1, 0.15) is 48.7 Å². The second-order valence-corrected chi connectivity index (χ2v) is 15.4. The van der Waals surface area contributed by atoms with Gasteiger partial charge < -0.3 is 19.9 Å². The molecule has 4 heterocycles. The van der Waals surface area contributed by atoms with E-state index >= 15 is 0 Å². The lowest BCUT2D eigenvalue weighted by Crippen LogP contribution is -2.43. The summed E-state index contributed by atoms with van der Waals surface area (Å²) in [5, 5.41) is 13.2. The summed E-state index contributed by atoms with van der Waals surface area (Å²) in [7, 11) is -5.37. The minimum absolute atomic E-state index is 0.0276. The third kappa shape index (κ3) is 6.00. The number of aromatic nitrogens is 3. The third-order valence-corrected chi connectivity index (χ3v) is 11.8. The van der Waals surface area contributed by atoms with E-state index in [1.54, 1.807) is 4.90 Å². The zero-order chi connectivity index (χ0) is 32.8. The number of sulfonamides is 2. The van der Waals surface area contributed by atoms with E-state index in [9.17, 15) is 40.7 Å². The zero-order valence-electron chi connectivity index (χ0n) is 24.9. The van der Waals surface area contributed by atoms with Crippen LogP contribution in [0.3, 0.4) is 0 Å². The Morgan fingerprint density at radius 2 is 1.91 bits per heavy atom. The fraction of sp³-hybridized carbons (Fsp3) is 0.481. The molecule has 2 saturated heterocycles. The Kier molecular flexibility index (Phi) is 8.67. The van der Waals surface area contributed by atoms with Crippen molar-refractivity contribution in [1.29, 1.82) is 0 Å². The number of aromatic hydroxyl groups is 1. The van der Waals surface area contributed by atoms with E-state index in [4.69, 9.17) is 0 Å². The molecule has 15 nitrogen and oxygen atoms in total. The van der Waals surface area contributed by atoms with E-state index in [-0.39, 0.29) is 48.0 Å². The van der Waals surface area contributed by atoms with E-state index in [1.165, 1.54) is 30.9 Å². The van der Waals surface area contributed by atoms with Gasteiger partial charge in [-0.3, -0.25) is 18.7 Å². The lowest BCUT2D eigenvalue weighted by atomic mass is 10.0. The topological polar surface area (TPSA) is 184 Å². The number of fused-ring (bicyclic) bond motifs is 1. The van der Waals surface area contributed by atoms with Crippen molar-refractivity contribution in [2.75, 3.05) is 37.2 Å². The summed E-state index contributed by atoms with van der Waals surface area (Å²) in [4.78, 5) is 45.6. The highest BCUT2D eigenvalue weighted by molar-refractivity contribution is 7.93. The Bertz CT molecular complexity index is 1960. The smallest absolute Gasteiger partial charge is 0.303 e. The van der Waals surface area contributed by atoms with Gasteiger partial charge >= 0.3 is 5.56 Å². The molecule has 0 bridgehead atoms. The summed E-state index contributed by atoms with van der Waals surface area (Å²) in [5.74, 6) is -3.81. The van der Waals surface area contributed by atoms with E-state index in [2.05, 4.69) is 10.3 Å². The maximum atomic E-state index is 14.0. The number of nitrogens with zero attached hydrogens (tertiary/aromatic N) is 6. The molecule has 2 amide bonds. The van der Waals surface area contributed by atoms with E-state index in [0.29, 0.717) is 13.0 Å². The highest BCUT2D eigenvalue weighted by Gasteiger charge is 2.34. The van der Waals surface area contributed by atoms with Gasteiger partial charge in [0.1, 0.15) is 18.2 Å². The number of likely N-dealkylation sites (tertiary alicyclic amines) is 1. The first kappa shape index (κ1) is 32.4. The summed E-state index contributed by atoms with van der Waals surface area (Å²) < 4.78 is 69.1. The Morgan fingerprint density at radius 1 is 1.18 bits per heavy atom. The largest absolute Gasteiger partial charge is 0.501 e. The molecule has 5 rings (SSSR count). The third-order valence-electron chi connectivity index (χ3n) is 8.03. The van der Waals surface area contributed by atoms with Crippen LogP contribution >= 0.6 is 0 Å². The van der Waals surface area contributed by atoms with Gasteiger partial charge in [-0.25, -0.2) is 34.9 Å². The molecule has 1 atom stereocenters. The average Bonchev–Trinajstić information content (AvgIpc) is 3.52. The molecule has 2 aromatic heterocycles. The van der Waals surface area contributed by atoms with Gasteiger partial charge in [-0.2, -0.15) is 0 Å². The molecule has 45 heavy (non-hydrogen) atoms. The Labute approximate surface area is 259 Å². The minimum atomic E-state index is -4.10. The van der Waals surface area contributed by atoms with Crippen LogP contribution in [-0.2, 0) is 37.9 Å². The summed E-state index contributed by atoms with van der Waals surface area (Å²) in [6, 6.07) is 2.98.